The predicted molar refractivity (Wildman–Crippen MR) is 110 cm³/mol. The fourth-order valence-corrected chi connectivity index (χ4v) is 4.62. The van der Waals surface area contributed by atoms with Gasteiger partial charge in [0, 0.05) is 28.9 Å². The molecule has 0 radical (unpaired) electrons. The lowest BCUT2D eigenvalue weighted by Gasteiger charge is -2.27. The number of benzene rings is 2. The third-order valence-electron chi connectivity index (χ3n) is 4.33. The first-order chi connectivity index (χ1) is 13.2. The molecule has 5 nitrogen and oxygen atoms in total. The third-order valence-corrected chi connectivity index (χ3v) is 6.00. The fraction of sp³-hybridized carbons (Fsp3) is 0.263. The molecule has 140 valence electrons. The minimum Gasteiger partial charge on any atom is -0.378 e. The van der Waals surface area contributed by atoms with E-state index in [1.807, 2.05) is 36.4 Å². The van der Waals surface area contributed by atoms with Crippen molar-refractivity contribution < 1.29 is 4.74 Å². The Morgan fingerprint density at radius 1 is 0.926 bits per heavy atom. The molecule has 2 heterocycles. The van der Waals surface area contributed by atoms with E-state index < -0.39 is 0 Å². The van der Waals surface area contributed by atoms with Gasteiger partial charge in [-0.2, -0.15) is 0 Å². The number of hydrogen-bond donors (Lipinski definition) is 0. The molecule has 0 bridgehead atoms. The number of anilines is 1. The first kappa shape index (κ1) is 18.6. The SMILES string of the molecule is Clc1cccc(Cl)c1CSc1nnc(N2CCOCC2)n1-c1ccccc1. The van der Waals surface area contributed by atoms with Gasteiger partial charge in [-0.05, 0) is 29.8 Å². The summed E-state index contributed by atoms with van der Waals surface area (Å²) in [5, 5.41) is 11.0. The van der Waals surface area contributed by atoms with Crippen LogP contribution < -0.4 is 4.90 Å². The smallest absolute Gasteiger partial charge is 0.232 e. The second kappa shape index (κ2) is 8.52. The van der Waals surface area contributed by atoms with Crippen LogP contribution in [-0.2, 0) is 10.5 Å². The summed E-state index contributed by atoms with van der Waals surface area (Å²) in [6, 6.07) is 15.7. The number of nitrogens with zero attached hydrogens (tertiary/aromatic N) is 4. The van der Waals surface area contributed by atoms with Gasteiger partial charge in [-0.15, -0.1) is 10.2 Å². The van der Waals surface area contributed by atoms with Gasteiger partial charge in [-0.25, -0.2) is 0 Å². The molecule has 0 saturated carbocycles. The first-order valence-electron chi connectivity index (χ1n) is 8.63. The Hall–Kier alpha value is -1.73. The van der Waals surface area contributed by atoms with Gasteiger partial charge in [0.05, 0.1) is 18.9 Å². The molecule has 1 aliphatic heterocycles. The molecule has 1 aromatic heterocycles. The highest BCUT2D eigenvalue weighted by atomic mass is 35.5. The number of ether oxygens (including phenoxy) is 1. The minimum atomic E-state index is 0.618. The van der Waals surface area contributed by atoms with E-state index >= 15 is 0 Å². The molecule has 0 amide bonds. The summed E-state index contributed by atoms with van der Waals surface area (Å²) in [7, 11) is 0. The molecule has 8 heteroatoms. The highest BCUT2D eigenvalue weighted by Gasteiger charge is 2.22. The lowest BCUT2D eigenvalue weighted by atomic mass is 10.2. The van der Waals surface area contributed by atoms with Crippen molar-refractivity contribution >= 4 is 40.9 Å². The summed E-state index contributed by atoms with van der Waals surface area (Å²) in [6.07, 6.45) is 0. The molecule has 0 atom stereocenters. The summed E-state index contributed by atoms with van der Waals surface area (Å²) in [4.78, 5) is 2.20. The Labute approximate surface area is 172 Å². The van der Waals surface area contributed by atoms with E-state index in [0.29, 0.717) is 29.0 Å². The molecular weight excluding hydrogens is 403 g/mol. The monoisotopic (exact) mass is 420 g/mol. The normalized spacial score (nSPS) is 14.5. The zero-order chi connectivity index (χ0) is 18.6. The van der Waals surface area contributed by atoms with Crippen LogP contribution in [0.25, 0.3) is 5.69 Å². The number of para-hydroxylation sites is 1. The highest BCUT2D eigenvalue weighted by Crippen LogP contribution is 2.33. The van der Waals surface area contributed by atoms with Crippen molar-refractivity contribution in [2.24, 2.45) is 0 Å². The Morgan fingerprint density at radius 2 is 1.63 bits per heavy atom. The average Bonchev–Trinajstić information content (AvgIpc) is 3.13. The number of morpholine rings is 1. The van der Waals surface area contributed by atoms with Gasteiger partial charge < -0.3 is 9.64 Å². The Bertz CT molecular complexity index is 893. The molecular formula is C19H18Cl2N4OS. The van der Waals surface area contributed by atoms with Crippen LogP contribution in [-0.4, -0.2) is 41.1 Å². The Kier molecular flexibility index (Phi) is 5.88. The van der Waals surface area contributed by atoms with Crippen LogP contribution in [0.1, 0.15) is 5.56 Å². The second-order valence-electron chi connectivity index (χ2n) is 6.04. The van der Waals surface area contributed by atoms with Gasteiger partial charge in [0.2, 0.25) is 5.95 Å². The quantitative estimate of drug-likeness (QED) is 0.559. The van der Waals surface area contributed by atoms with E-state index in [1.54, 1.807) is 11.8 Å². The maximum Gasteiger partial charge on any atom is 0.232 e. The predicted octanol–water partition coefficient (Wildman–Crippen LogP) is 4.70. The van der Waals surface area contributed by atoms with Crippen molar-refractivity contribution in [2.45, 2.75) is 10.9 Å². The average molecular weight is 421 g/mol. The maximum atomic E-state index is 6.32. The van der Waals surface area contributed by atoms with E-state index in [4.69, 9.17) is 27.9 Å². The summed E-state index contributed by atoms with van der Waals surface area (Å²) >= 11 is 14.2. The fourth-order valence-electron chi connectivity index (χ4n) is 2.93. The molecule has 0 N–H and O–H groups in total. The molecule has 2 aromatic carbocycles. The zero-order valence-corrected chi connectivity index (χ0v) is 16.8. The van der Waals surface area contributed by atoms with Crippen molar-refractivity contribution in [1.29, 1.82) is 0 Å². The van der Waals surface area contributed by atoms with Crippen LogP contribution in [0.4, 0.5) is 5.95 Å². The van der Waals surface area contributed by atoms with Crippen molar-refractivity contribution in [3.8, 4) is 5.69 Å². The molecule has 0 spiro atoms. The lowest BCUT2D eigenvalue weighted by molar-refractivity contribution is 0.122. The number of hydrogen-bond acceptors (Lipinski definition) is 5. The summed E-state index contributed by atoms with van der Waals surface area (Å²) in [5.41, 5.74) is 1.93. The van der Waals surface area contributed by atoms with Crippen molar-refractivity contribution in [3.05, 3.63) is 64.1 Å². The standard InChI is InChI=1S/C19H18Cl2N4OS/c20-16-7-4-8-17(21)15(16)13-27-19-23-22-18(24-9-11-26-12-10-24)25(19)14-5-2-1-3-6-14/h1-8H,9-13H2. The van der Waals surface area contributed by atoms with Crippen molar-refractivity contribution in [1.82, 2.24) is 14.8 Å². The van der Waals surface area contributed by atoms with Gasteiger partial charge in [-0.3, -0.25) is 4.57 Å². The first-order valence-corrected chi connectivity index (χ1v) is 10.4. The van der Waals surface area contributed by atoms with Gasteiger partial charge >= 0.3 is 0 Å². The van der Waals surface area contributed by atoms with Crippen molar-refractivity contribution in [3.63, 3.8) is 0 Å². The Morgan fingerprint density at radius 3 is 2.33 bits per heavy atom. The summed E-state index contributed by atoms with van der Waals surface area (Å²) in [5.74, 6) is 1.45. The number of thioether (sulfide) groups is 1. The zero-order valence-electron chi connectivity index (χ0n) is 14.5. The summed E-state index contributed by atoms with van der Waals surface area (Å²) < 4.78 is 7.56. The van der Waals surface area contributed by atoms with Crippen molar-refractivity contribution in [2.75, 3.05) is 31.2 Å². The van der Waals surface area contributed by atoms with E-state index in [0.717, 1.165) is 35.4 Å². The third kappa shape index (κ3) is 4.09. The van der Waals surface area contributed by atoms with E-state index in [1.165, 1.54) is 0 Å². The molecule has 0 aliphatic carbocycles. The van der Waals surface area contributed by atoms with Crippen LogP contribution in [0.2, 0.25) is 10.0 Å². The molecule has 1 saturated heterocycles. The number of halogens is 2. The van der Waals surface area contributed by atoms with E-state index in [-0.39, 0.29) is 0 Å². The van der Waals surface area contributed by atoms with Gasteiger partial charge in [0.1, 0.15) is 0 Å². The van der Waals surface area contributed by atoms with Crippen LogP contribution in [0, 0.1) is 0 Å². The second-order valence-corrected chi connectivity index (χ2v) is 7.80. The van der Waals surface area contributed by atoms with E-state index in [2.05, 4.69) is 31.8 Å². The molecule has 27 heavy (non-hydrogen) atoms. The van der Waals surface area contributed by atoms with Gasteiger partial charge in [0.25, 0.3) is 0 Å². The van der Waals surface area contributed by atoms with Crippen LogP contribution >= 0.6 is 35.0 Å². The van der Waals surface area contributed by atoms with Crippen LogP contribution in [0.3, 0.4) is 0 Å². The molecule has 3 aromatic rings. The van der Waals surface area contributed by atoms with E-state index in [9.17, 15) is 0 Å². The molecule has 4 rings (SSSR count). The van der Waals surface area contributed by atoms with Crippen LogP contribution in [0.5, 0.6) is 0 Å². The van der Waals surface area contributed by atoms with Gasteiger partial charge in [-0.1, -0.05) is 59.2 Å². The summed E-state index contributed by atoms with van der Waals surface area (Å²) in [6.45, 7) is 2.98. The highest BCUT2D eigenvalue weighted by molar-refractivity contribution is 7.98. The van der Waals surface area contributed by atoms with Gasteiger partial charge in [0.15, 0.2) is 5.16 Å². The molecule has 1 fully saturated rings. The molecule has 0 unspecified atom stereocenters. The topological polar surface area (TPSA) is 43.2 Å². The lowest BCUT2D eigenvalue weighted by Crippen LogP contribution is -2.37. The number of rotatable bonds is 5. The largest absolute Gasteiger partial charge is 0.378 e. The molecule has 1 aliphatic rings. The van der Waals surface area contributed by atoms with Crippen LogP contribution in [0.15, 0.2) is 53.7 Å². The minimum absolute atomic E-state index is 0.618. The number of aromatic nitrogens is 3. The maximum absolute atomic E-state index is 6.32. The Balaban J connectivity index is 1.67.